The van der Waals surface area contributed by atoms with Crippen molar-refractivity contribution in [2.24, 2.45) is 11.8 Å². The van der Waals surface area contributed by atoms with Crippen LogP contribution in [0, 0.1) is 11.8 Å². The Kier molecular flexibility index (Phi) is 3.68. The van der Waals surface area contributed by atoms with Crippen molar-refractivity contribution < 1.29 is 0 Å². The summed E-state index contributed by atoms with van der Waals surface area (Å²) < 4.78 is 0. The van der Waals surface area contributed by atoms with Gasteiger partial charge in [-0.05, 0) is 59.8 Å². The molecule has 0 heterocycles. The summed E-state index contributed by atoms with van der Waals surface area (Å²) in [5.74, 6) is 1.38. The number of benzene rings is 2. The van der Waals surface area contributed by atoms with E-state index < -0.39 is 0 Å². The fourth-order valence-electron chi connectivity index (χ4n) is 4.04. The molecule has 2 atom stereocenters. The Morgan fingerprint density at radius 3 is 1.36 bits per heavy atom. The van der Waals surface area contributed by atoms with Gasteiger partial charge in [0.2, 0.25) is 0 Å². The van der Waals surface area contributed by atoms with Crippen LogP contribution in [0.2, 0.25) is 0 Å². The molecular weight excluding hydrogens is 264 g/mol. The molecule has 0 unspecified atom stereocenters. The maximum Gasteiger partial charge on any atom is -0.0124 e. The average molecular weight is 286 g/mol. The SMILES string of the molecule is C1=C(c2ccccc2)[C@H]2CC=C(c3ccccc3)[C@@H](C1)CC2. The Hall–Kier alpha value is -2.08. The summed E-state index contributed by atoms with van der Waals surface area (Å²) in [6, 6.07) is 21.9. The van der Waals surface area contributed by atoms with Gasteiger partial charge in [0, 0.05) is 0 Å². The summed E-state index contributed by atoms with van der Waals surface area (Å²) in [6.07, 6.45) is 10.0. The Bertz CT molecular complexity index is 628. The van der Waals surface area contributed by atoms with E-state index in [1.807, 2.05) is 0 Å². The summed E-state index contributed by atoms with van der Waals surface area (Å²) >= 11 is 0. The fraction of sp³-hybridized carbons (Fsp3) is 0.273. The van der Waals surface area contributed by atoms with Gasteiger partial charge in [0.05, 0.1) is 0 Å². The molecule has 0 radical (unpaired) electrons. The van der Waals surface area contributed by atoms with E-state index in [-0.39, 0.29) is 0 Å². The van der Waals surface area contributed by atoms with Crippen molar-refractivity contribution in [3.05, 3.63) is 83.9 Å². The van der Waals surface area contributed by atoms with Crippen molar-refractivity contribution in [3.63, 3.8) is 0 Å². The van der Waals surface area contributed by atoms with E-state index in [9.17, 15) is 0 Å². The predicted octanol–water partition coefficient (Wildman–Crippen LogP) is 5.97. The molecule has 110 valence electrons. The highest BCUT2D eigenvalue weighted by atomic mass is 14.3. The first kappa shape index (κ1) is 13.6. The highest BCUT2D eigenvalue weighted by molar-refractivity contribution is 5.73. The summed E-state index contributed by atoms with van der Waals surface area (Å²) in [7, 11) is 0. The van der Waals surface area contributed by atoms with Crippen LogP contribution in [-0.4, -0.2) is 0 Å². The first-order chi connectivity index (χ1) is 10.9. The van der Waals surface area contributed by atoms with E-state index >= 15 is 0 Å². The third-order valence-electron chi connectivity index (χ3n) is 5.20. The van der Waals surface area contributed by atoms with Crippen LogP contribution < -0.4 is 0 Å². The molecule has 4 rings (SSSR count). The number of hydrogen-bond acceptors (Lipinski definition) is 0. The van der Waals surface area contributed by atoms with Gasteiger partial charge >= 0.3 is 0 Å². The van der Waals surface area contributed by atoms with Crippen LogP contribution in [0.25, 0.3) is 11.1 Å². The average Bonchev–Trinajstić information content (AvgIpc) is 2.91. The second-order valence-electron chi connectivity index (χ2n) is 6.49. The predicted molar refractivity (Wildman–Crippen MR) is 94.3 cm³/mol. The molecule has 22 heavy (non-hydrogen) atoms. The molecule has 0 nitrogen and oxygen atoms in total. The van der Waals surface area contributed by atoms with Crippen molar-refractivity contribution in [2.45, 2.75) is 25.7 Å². The van der Waals surface area contributed by atoms with E-state index in [1.165, 1.54) is 36.8 Å². The van der Waals surface area contributed by atoms with Crippen LogP contribution in [0.4, 0.5) is 0 Å². The number of rotatable bonds is 2. The van der Waals surface area contributed by atoms with E-state index in [2.05, 4.69) is 72.8 Å². The molecule has 0 heteroatoms. The summed E-state index contributed by atoms with van der Waals surface area (Å²) in [5.41, 5.74) is 5.99. The third-order valence-corrected chi connectivity index (χ3v) is 5.20. The first-order valence-electron chi connectivity index (χ1n) is 8.43. The smallest absolute Gasteiger partial charge is 0.0124 e. The van der Waals surface area contributed by atoms with Gasteiger partial charge in [-0.15, -0.1) is 0 Å². The normalized spacial score (nSPS) is 24.2. The van der Waals surface area contributed by atoms with Gasteiger partial charge in [0.1, 0.15) is 0 Å². The van der Waals surface area contributed by atoms with Crippen LogP contribution in [0.15, 0.2) is 72.8 Å². The molecule has 2 bridgehead atoms. The van der Waals surface area contributed by atoms with Crippen LogP contribution in [0.3, 0.4) is 0 Å². The quantitative estimate of drug-likeness (QED) is 0.637. The molecule has 2 aromatic carbocycles. The second kappa shape index (κ2) is 5.96. The maximum atomic E-state index is 2.52. The van der Waals surface area contributed by atoms with Crippen molar-refractivity contribution in [2.75, 3.05) is 0 Å². The lowest BCUT2D eigenvalue weighted by Gasteiger charge is -2.19. The monoisotopic (exact) mass is 286 g/mol. The van der Waals surface area contributed by atoms with Gasteiger partial charge in [0.25, 0.3) is 0 Å². The van der Waals surface area contributed by atoms with Crippen LogP contribution >= 0.6 is 0 Å². The minimum Gasteiger partial charge on any atom is -0.0798 e. The van der Waals surface area contributed by atoms with Gasteiger partial charge in [-0.2, -0.15) is 0 Å². The molecule has 0 aliphatic heterocycles. The van der Waals surface area contributed by atoms with E-state index in [1.54, 1.807) is 11.1 Å². The maximum absolute atomic E-state index is 2.52. The Labute approximate surface area is 133 Å². The Balaban J connectivity index is 1.67. The molecular formula is C22H22. The highest BCUT2D eigenvalue weighted by Crippen LogP contribution is 2.43. The van der Waals surface area contributed by atoms with Gasteiger partial charge in [-0.3, -0.25) is 0 Å². The highest BCUT2D eigenvalue weighted by Gasteiger charge is 2.27. The molecule has 2 aromatic rings. The van der Waals surface area contributed by atoms with Crippen molar-refractivity contribution >= 4 is 11.1 Å². The molecule has 0 fully saturated rings. The van der Waals surface area contributed by atoms with Gasteiger partial charge in [0.15, 0.2) is 0 Å². The lowest BCUT2D eigenvalue weighted by molar-refractivity contribution is 0.544. The fourth-order valence-corrected chi connectivity index (χ4v) is 4.04. The van der Waals surface area contributed by atoms with Crippen LogP contribution in [0.5, 0.6) is 0 Å². The molecule has 2 aliphatic rings. The summed E-state index contributed by atoms with van der Waals surface area (Å²) in [6.45, 7) is 0. The molecule has 0 N–H and O–H groups in total. The largest absolute Gasteiger partial charge is 0.0798 e. The van der Waals surface area contributed by atoms with Gasteiger partial charge < -0.3 is 0 Å². The first-order valence-corrected chi connectivity index (χ1v) is 8.43. The zero-order valence-corrected chi connectivity index (χ0v) is 12.9. The Morgan fingerprint density at radius 1 is 0.545 bits per heavy atom. The number of allylic oxidation sites excluding steroid dienone is 4. The van der Waals surface area contributed by atoms with Crippen molar-refractivity contribution in [1.82, 2.24) is 0 Å². The summed E-state index contributed by atoms with van der Waals surface area (Å²) in [5, 5.41) is 0. The van der Waals surface area contributed by atoms with Crippen LogP contribution in [-0.2, 0) is 0 Å². The zero-order chi connectivity index (χ0) is 14.8. The topological polar surface area (TPSA) is 0 Å². The summed E-state index contributed by atoms with van der Waals surface area (Å²) in [4.78, 5) is 0. The molecule has 2 aliphatic carbocycles. The lowest BCUT2D eigenvalue weighted by atomic mass is 9.86. The van der Waals surface area contributed by atoms with E-state index in [0.717, 1.165) is 0 Å². The molecule has 0 saturated heterocycles. The third kappa shape index (κ3) is 2.54. The minimum absolute atomic E-state index is 0.689. The second-order valence-corrected chi connectivity index (χ2v) is 6.49. The van der Waals surface area contributed by atoms with Crippen molar-refractivity contribution in [3.8, 4) is 0 Å². The lowest BCUT2D eigenvalue weighted by Crippen LogP contribution is -2.02. The molecule has 0 saturated carbocycles. The molecule has 0 aromatic heterocycles. The molecule has 0 spiro atoms. The zero-order valence-electron chi connectivity index (χ0n) is 12.9. The van der Waals surface area contributed by atoms with E-state index in [4.69, 9.17) is 0 Å². The number of hydrogen-bond donors (Lipinski definition) is 0. The standard InChI is InChI=1S/C22H22/c1-3-7-17(8-4-1)21-15-13-20-12-11-19(21)14-16-22(20)18-9-5-2-6-10-18/h1-10,15-16,19-20H,11-14H2/t19-,20-/m1/s1. The Morgan fingerprint density at radius 2 is 0.955 bits per heavy atom. The molecule has 0 amide bonds. The minimum atomic E-state index is 0.689. The van der Waals surface area contributed by atoms with Crippen LogP contribution in [0.1, 0.15) is 36.8 Å². The van der Waals surface area contributed by atoms with E-state index in [0.29, 0.717) is 11.8 Å². The van der Waals surface area contributed by atoms with Gasteiger partial charge in [-0.25, -0.2) is 0 Å². The van der Waals surface area contributed by atoms with Crippen molar-refractivity contribution in [1.29, 1.82) is 0 Å². The number of fused-ring (bicyclic) bond motifs is 3. The van der Waals surface area contributed by atoms with Gasteiger partial charge in [-0.1, -0.05) is 72.8 Å².